The van der Waals surface area contributed by atoms with Crippen LogP contribution in [0.2, 0.25) is 10.0 Å². The SMILES string of the molecule is CNC(Cc1c(Cl)cccc1Cl)C1SCCSC1C. The van der Waals surface area contributed by atoms with E-state index in [1.165, 1.54) is 11.5 Å². The van der Waals surface area contributed by atoms with Gasteiger partial charge in [-0.1, -0.05) is 36.2 Å². The Morgan fingerprint density at radius 3 is 2.47 bits per heavy atom. The summed E-state index contributed by atoms with van der Waals surface area (Å²) in [5.74, 6) is 2.49. The maximum Gasteiger partial charge on any atom is 0.0453 e. The quantitative estimate of drug-likeness (QED) is 0.877. The minimum Gasteiger partial charge on any atom is -0.316 e. The highest BCUT2D eigenvalue weighted by atomic mass is 35.5. The predicted octanol–water partition coefficient (Wildman–Crippen LogP) is 4.36. The number of hydrogen-bond donors (Lipinski definition) is 1. The van der Waals surface area contributed by atoms with Gasteiger partial charge >= 0.3 is 0 Å². The summed E-state index contributed by atoms with van der Waals surface area (Å²) in [6.45, 7) is 2.32. The summed E-state index contributed by atoms with van der Waals surface area (Å²) < 4.78 is 0. The van der Waals surface area contributed by atoms with Crippen LogP contribution in [-0.2, 0) is 6.42 Å². The van der Waals surface area contributed by atoms with Gasteiger partial charge in [-0.2, -0.15) is 23.5 Å². The summed E-state index contributed by atoms with van der Waals surface area (Å²) in [6.07, 6.45) is 0.886. The highest BCUT2D eigenvalue weighted by molar-refractivity contribution is 8.07. The van der Waals surface area contributed by atoms with Crippen LogP contribution in [-0.4, -0.2) is 35.1 Å². The number of rotatable bonds is 4. The summed E-state index contributed by atoms with van der Waals surface area (Å²) in [5.41, 5.74) is 1.06. The smallest absolute Gasteiger partial charge is 0.0453 e. The Morgan fingerprint density at radius 1 is 1.26 bits per heavy atom. The van der Waals surface area contributed by atoms with E-state index in [0.29, 0.717) is 16.5 Å². The van der Waals surface area contributed by atoms with E-state index in [1.54, 1.807) is 0 Å². The molecular formula is C14H19Cl2NS2. The van der Waals surface area contributed by atoms with E-state index in [2.05, 4.69) is 35.8 Å². The number of halogens is 2. The minimum atomic E-state index is 0.408. The lowest BCUT2D eigenvalue weighted by Crippen LogP contribution is -2.44. The average Bonchev–Trinajstić information content (AvgIpc) is 2.40. The van der Waals surface area contributed by atoms with Gasteiger partial charge in [0, 0.05) is 38.1 Å². The van der Waals surface area contributed by atoms with Crippen molar-refractivity contribution in [2.75, 3.05) is 18.6 Å². The number of hydrogen-bond acceptors (Lipinski definition) is 3. The van der Waals surface area contributed by atoms with Crippen LogP contribution in [0.5, 0.6) is 0 Å². The molecule has 1 fully saturated rings. The van der Waals surface area contributed by atoms with Crippen LogP contribution in [0.15, 0.2) is 18.2 Å². The molecule has 0 spiro atoms. The van der Waals surface area contributed by atoms with Gasteiger partial charge in [0.15, 0.2) is 0 Å². The molecule has 0 amide bonds. The van der Waals surface area contributed by atoms with Crippen molar-refractivity contribution in [3.8, 4) is 0 Å². The highest BCUT2D eigenvalue weighted by Gasteiger charge is 2.30. The average molecular weight is 336 g/mol. The second-order valence-electron chi connectivity index (χ2n) is 4.71. The van der Waals surface area contributed by atoms with Gasteiger partial charge in [-0.3, -0.25) is 0 Å². The first-order chi connectivity index (χ1) is 9.13. The van der Waals surface area contributed by atoms with Gasteiger partial charge in [0.25, 0.3) is 0 Å². The highest BCUT2D eigenvalue weighted by Crippen LogP contribution is 2.35. The second kappa shape index (κ2) is 7.46. The predicted molar refractivity (Wildman–Crippen MR) is 91.2 cm³/mol. The van der Waals surface area contributed by atoms with Crippen molar-refractivity contribution in [2.45, 2.75) is 29.9 Å². The zero-order valence-electron chi connectivity index (χ0n) is 11.2. The minimum absolute atomic E-state index is 0.408. The summed E-state index contributed by atoms with van der Waals surface area (Å²) in [5, 5.41) is 6.27. The molecular weight excluding hydrogens is 317 g/mol. The van der Waals surface area contributed by atoms with Gasteiger partial charge in [0.1, 0.15) is 0 Å². The van der Waals surface area contributed by atoms with Crippen LogP contribution in [0, 0.1) is 0 Å². The van der Waals surface area contributed by atoms with Gasteiger partial charge < -0.3 is 5.32 Å². The topological polar surface area (TPSA) is 12.0 Å². The first-order valence-corrected chi connectivity index (χ1v) is 9.32. The Bertz CT molecular complexity index is 408. The lowest BCUT2D eigenvalue weighted by atomic mass is 10.0. The van der Waals surface area contributed by atoms with E-state index < -0.39 is 0 Å². The summed E-state index contributed by atoms with van der Waals surface area (Å²) in [4.78, 5) is 0. The van der Waals surface area contributed by atoms with Gasteiger partial charge in [-0.15, -0.1) is 0 Å². The second-order valence-corrected chi connectivity index (χ2v) is 8.30. The van der Waals surface area contributed by atoms with E-state index >= 15 is 0 Å². The molecule has 0 saturated carbocycles. The van der Waals surface area contributed by atoms with Crippen LogP contribution in [0.1, 0.15) is 12.5 Å². The van der Waals surface area contributed by atoms with Crippen LogP contribution in [0.4, 0.5) is 0 Å². The molecule has 5 heteroatoms. The van der Waals surface area contributed by atoms with E-state index in [-0.39, 0.29) is 0 Å². The molecule has 1 saturated heterocycles. The molecule has 1 aliphatic heterocycles. The molecule has 0 aliphatic carbocycles. The molecule has 1 aliphatic rings. The molecule has 1 heterocycles. The lowest BCUT2D eigenvalue weighted by molar-refractivity contribution is 0.531. The van der Waals surface area contributed by atoms with E-state index in [9.17, 15) is 0 Å². The molecule has 0 bridgehead atoms. The Labute approximate surface area is 134 Å². The monoisotopic (exact) mass is 335 g/mol. The molecule has 106 valence electrons. The molecule has 3 atom stereocenters. The summed E-state index contributed by atoms with van der Waals surface area (Å²) in [6, 6.07) is 6.14. The van der Waals surface area contributed by atoms with Gasteiger partial charge in [0.2, 0.25) is 0 Å². The zero-order valence-corrected chi connectivity index (χ0v) is 14.3. The Hall–Kier alpha value is 0.460. The van der Waals surface area contributed by atoms with Gasteiger partial charge in [0.05, 0.1) is 0 Å². The first kappa shape index (κ1) is 15.8. The fourth-order valence-electron chi connectivity index (χ4n) is 2.42. The zero-order chi connectivity index (χ0) is 13.8. The molecule has 0 aromatic heterocycles. The van der Waals surface area contributed by atoms with Crippen LogP contribution < -0.4 is 5.32 Å². The maximum atomic E-state index is 6.28. The van der Waals surface area contributed by atoms with Crippen LogP contribution in [0.3, 0.4) is 0 Å². The Kier molecular flexibility index (Phi) is 6.22. The van der Waals surface area contributed by atoms with Gasteiger partial charge in [-0.05, 0) is 31.2 Å². The molecule has 1 aromatic carbocycles. The van der Waals surface area contributed by atoms with Gasteiger partial charge in [-0.25, -0.2) is 0 Å². The van der Waals surface area contributed by atoms with E-state index in [1.807, 2.05) is 25.2 Å². The number of likely N-dealkylation sites (N-methyl/N-ethyl adjacent to an activating group) is 1. The van der Waals surface area contributed by atoms with Crippen molar-refractivity contribution in [1.82, 2.24) is 5.32 Å². The third-order valence-electron chi connectivity index (χ3n) is 3.49. The van der Waals surface area contributed by atoms with Crippen molar-refractivity contribution in [1.29, 1.82) is 0 Å². The fraction of sp³-hybridized carbons (Fsp3) is 0.571. The summed E-state index contributed by atoms with van der Waals surface area (Å²) >= 11 is 16.7. The first-order valence-electron chi connectivity index (χ1n) is 6.47. The van der Waals surface area contributed by atoms with Crippen molar-refractivity contribution in [2.24, 2.45) is 0 Å². The van der Waals surface area contributed by atoms with E-state index in [4.69, 9.17) is 23.2 Å². The number of nitrogens with one attached hydrogen (secondary N) is 1. The molecule has 1 nitrogen and oxygen atoms in total. The third kappa shape index (κ3) is 3.98. The maximum absolute atomic E-state index is 6.28. The van der Waals surface area contributed by atoms with E-state index in [0.717, 1.165) is 22.0 Å². The van der Waals surface area contributed by atoms with Crippen molar-refractivity contribution in [3.05, 3.63) is 33.8 Å². The van der Waals surface area contributed by atoms with Crippen molar-refractivity contribution in [3.63, 3.8) is 0 Å². The molecule has 2 rings (SSSR count). The standard InChI is InChI=1S/C14H19Cl2NS2/c1-9-14(19-7-6-18-9)13(17-2)8-10-11(15)4-3-5-12(10)16/h3-5,9,13-14,17H,6-8H2,1-2H3. The molecule has 0 radical (unpaired) electrons. The van der Waals surface area contributed by atoms with Crippen molar-refractivity contribution >= 4 is 46.7 Å². The largest absolute Gasteiger partial charge is 0.316 e. The molecule has 1 aromatic rings. The fourth-order valence-corrected chi connectivity index (χ4v) is 5.97. The van der Waals surface area contributed by atoms with Crippen molar-refractivity contribution < 1.29 is 0 Å². The molecule has 1 N–H and O–H groups in total. The Morgan fingerprint density at radius 2 is 1.89 bits per heavy atom. The summed E-state index contributed by atoms with van der Waals surface area (Å²) in [7, 11) is 2.03. The Balaban J connectivity index is 2.14. The lowest BCUT2D eigenvalue weighted by Gasteiger charge is -2.34. The molecule has 19 heavy (non-hydrogen) atoms. The third-order valence-corrected chi connectivity index (χ3v) is 7.45. The van der Waals surface area contributed by atoms with Crippen LogP contribution in [0.25, 0.3) is 0 Å². The number of benzene rings is 1. The van der Waals surface area contributed by atoms with Crippen LogP contribution >= 0.6 is 46.7 Å². The normalized spacial score (nSPS) is 25.3. The number of thioether (sulfide) groups is 2. The molecule has 3 unspecified atom stereocenters.